The minimum atomic E-state index is -4.00. The molecule has 15 heavy (non-hydrogen) atoms. The van der Waals surface area contributed by atoms with Crippen molar-refractivity contribution in [3.8, 4) is 0 Å². The molecule has 0 saturated heterocycles. The third-order valence-corrected chi connectivity index (χ3v) is 3.30. The summed E-state index contributed by atoms with van der Waals surface area (Å²) in [6.07, 6.45) is 0.593. The summed E-state index contributed by atoms with van der Waals surface area (Å²) in [5.74, 6) is -1.40. The Morgan fingerprint density at radius 1 is 1.53 bits per heavy atom. The van der Waals surface area contributed by atoms with E-state index < -0.39 is 19.8 Å². The molecule has 0 aromatic heterocycles. The molecule has 0 aromatic carbocycles. The normalized spacial score (nSPS) is 19.2. The van der Waals surface area contributed by atoms with Crippen LogP contribution >= 0.6 is 7.75 Å². The van der Waals surface area contributed by atoms with E-state index in [0.717, 1.165) is 0 Å². The molecule has 3 atom stereocenters. The molecule has 6 nitrogen and oxygen atoms in total. The molecular formula is C8H18NO5P. The van der Waals surface area contributed by atoms with Crippen molar-refractivity contribution in [3.05, 3.63) is 0 Å². The first-order chi connectivity index (χ1) is 6.84. The molecule has 7 heteroatoms. The van der Waals surface area contributed by atoms with Crippen molar-refractivity contribution >= 4 is 13.7 Å². The van der Waals surface area contributed by atoms with E-state index >= 15 is 0 Å². The molecule has 0 fully saturated rings. The van der Waals surface area contributed by atoms with Gasteiger partial charge in [0.25, 0.3) is 0 Å². The van der Waals surface area contributed by atoms with Crippen LogP contribution in [-0.4, -0.2) is 28.6 Å². The summed E-state index contributed by atoms with van der Waals surface area (Å²) in [5.41, 5.74) is 0. The highest BCUT2D eigenvalue weighted by atomic mass is 31.2. The maximum absolute atomic E-state index is 11.3. The second-order valence-corrected chi connectivity index (χ2v) is 4.83. The lowest BCUT2D eigenvalue weighted by atomic mass is 10.0. The number of carbonyl (C=O) groups is 1. The molecule has 3 unspecified atom stereocenters. The fourth-order valence-electron chi connectivity index (χ4n) is 1.05. The quantitative estimate of drug-likeness (QED) is 0.578. The number of aliphatic carboxylic acids is 1. The molecule has 0 saturated carbocycles. The Labute approximate surface area is 89.2 Å². The largest absolute Gasteiger partial charge is 0.480 e. The Hall–Kier alpha value is -0.420. The molecule has 0 aliphatic rings. The van der Waals surface area contributed by atoms with Gasteiger partial charge in [0.15, 0.2) is 0 Å². The molecule has 0 aliphatic carbocycles. The van der Waals surface area contributed by atoms with Crippen molar-refractivity contribution in [2.75, 3.05) is 6.61 Å². The molecule has 0 bridgehead atoms. The minimum Gasteiger partial charge on any atom is -0.480 e. The van der Waals surface area contributed by atoms with Crippen LogP contribution in [0.3, 0.4) is 0 Å². The summed E-state index contributed by atoms with van der Waals surface area (Å²) < 4.78 is 15.8. The first kappa shape index (κ1) is 14.6. The number of carboxylic acids is 1. The van der Waals surface area contributed by atoms with Crippen molar-refractivity contribution in [2.24, 2.45) is 5.92 Å². The van der Waals surface area contributed by atoms with Gasteiger partial charge in [0.2, 0.25) is 0 Å². The van der Waals surface area contributed by atoms with Crippen LogP contribution in [0.25, 0.3) is 0 Å². The van der Waals surface area contributed by atoms with Crippen LogP contribution in [0.4, 0.5) is 0 Å². The zero-order chi connectivity index (χ0) is 12.1. The van der Waals surface area contributed by atoms with Crippen LogP contribution in [0.5, 0.6) is 0 Å². The molecule has 0 spiro atoms. The predicted molar refractivity (Wildman–Crippen MR) is 55.5 cm³/mol. The molecule has 90 valence electrons. The monoisotopic (exact) mass is 239 g/mol. The van der Waals surface area contributed by atoms with Gasteiger partial charge in [-0.1, -0.05) is 20.3 Å². The van der Waals surface area contributed by atoms with E-state index in [0.29, 0.717) is 6.42 Å². The van der Waals surface area contributed by atoms with Crippen molar-refractivity contribution in [3.63, 3.8) is 0 Å². The standard InChI is InChI=1S/C8H18NO5P/c1-4-6(3)7(8(10)11)9-15(12,13)14-5-2/h6-7H,4-5H2,1-3H3,(H,10,11)(H2,9,12,13). The zero-order valence-corrected chi connectivity index (χ0v) is 10.0. The second-order valence-electron chi connectivity index (χ2n) is 3.27. The molecular weight excluding hydrogens is 221 g/mol. The average Bonchev–Trinajstić information content (AvgIpc) is 2.12. The molecule has 0 heterocycles. The van der Waals surface area contributed by atoms with Crippen LogP contribution in [0.1, 0.15) is 27.2 Å². The number of carboxylic acid groups (broad SMARTS) is 1. The Bertz CT molecular complexity index is 257. The highest BCUT2D eigenvalue weighted by Crippen LogP contribution is 2.38. The van der Waals surface area contributed by atoms with E-state index in [9.17, 15) is 14.3 Å². The Morgan fingerprint density at radius 2 is 2.07 bits per heavy atom. The van der Waals surface area contributed by atoms with Gasteiger partial charge in [-0.25, -0.2) is 9.65 Å². The number of rotatable bonds is 7. The third-order valence-electron chi connectivity index (χ3n) is 2.09. The van der Waals surface area contributed by atoms with Gasteiger partial charge < -0.3 is 10.00 Å². The molecule has 0 amide bonds. The fraction of sp³-hybridized carbons (Fsp3) is 0.875. The summed E-state index contributed by atoms with van der Waals surface area (Å²) in [6.45, 7) is 5.11. The minimum absolute atomic E-state index is 0.0492. The molecule has 3 N–H and O–H groups in total. The SMILES string of the molecule is CCOP(=O)(O)NC(C(=O)O)C(C)CC. The topological polar surface area (TPSA) is 95.9 Å². The van der Waals surface area contributed by atoms with E-state index in [2.05, 4.69) is 9.61 Å². The maximum Gasteiger partial charge on any atom is 0.403 e. The lowest BCUT2D eigenvalue weighted by Gasteiger charge is -2.22. The van der Waals surface area contributed by atoms with Crippen LogP contribution in [0, 0.1) is 5.92 Å². The van der Waals surface area contributed by atoms with E-state index in [4.69, 9.17) is 5.11 Å². The highest BCUT2D eigenvalue weighted by Gasteiger charge is 2.31. The number of hydrogen-bond acceptors (Lipinski definition) is 3. The van der Waals surface area contributed by atoms with Gasteiger partial charge in [0.1, 0.15) is 6.04 Å². The van der Waals surface area contributed by atoms with Crippen LogP contribution in [-0.2, 0) is 13.9 Å². The van der Waals surface area contributed by atoms with Gasteiger partial charge in [0, 0.05) is 0 Å². The Morgan fingerprint density at radius 3 is 2.40 bits per heavy atom. The third kappa shape index (κ3) is 5.28. The van der Waals surface area contributed by atoms with Crippen LogP contribution in [0.15, 0.2) is 0 Å². The van der Waals surface area contributed by atoms with Gasteiger partial charge >= 0.3 is 13.7 Å². The number of nitrogens with one attached hydrogen (secondary N) is 1. The van der Waals surface area contributed by atoms with Crippen molar-refractivity contribution in [2.45, 2.75) is 33.2 Å². The van der Waals surface area contributed by atoms with E-state index in [1.807, 2.05) is 6.92 Å². The predicted octanol–water partition coefficient (Wildman–Crippen LogP) is 1.21. The summed E-state index contributed by atoms with van der Waals surface area (Å²) >= 11 is 0. The Kier molecular flexibility index (Phi) is 6.05. The van der Waals surface area contributed by atoms with Crippen LogP contribution < -0.4 is 5.09 Å². The first-order valence-electron chi connectivity index (χ1n) is 4.82. The summed E-state index contributed by atoms with van der Waals surface area (Å²) in [7, 11) is -4.00. The van der Waals surface area contributed by atoms with Crippen LogP contribution in [0.2, 0.25) is 0 Å². The highest BCUT2D eigenvalue weighted by molar-refractivity contribution is 7.50. The molecule has 0 aliphatic heterocycles. The molecule has 0 rings (SSSR count). The van der Waals surface area contributed by atoms with Gasteiger partial charge in [-0.3, -0.25) is 9.32 Å². The van der Waals surface area contributed by atoms with E-state index in [1.165, 1.54) is 0 Å². The van der Waals surface area contributed by atoms with Gasteiger partial charge in [0.05, 0.1) is 6.61 Å². The maximum atomic E-state index is 11.3. The van der Waals surface area contributed by atoms with Crippen molar-refractivity contribution < 1.29 is 23.9 Å². The second kappa shape index (κ2) is 6.23. The lowest BCUT2D eigenvalue weighted by molar-refractivity contribution is -0.140. The zero-order valence-electron chi connectivity index (χ0n) is 9.14. The summed E-state index contributed by atoms with van der Waals surface area (Å²) in [6, 6.07) is -1.07. The number of hydrogen-bond donors (Lipinski definition) is 3. The Balaban J connectivity index is 4.54. The summed E-state index contributed by atoms with van der Waals surface area (Å²) in [5, 5.41) is 11.0. The van der Waals surface area contributed by atoms with Gasteiger partial charge in [-0.15, -0.1) is 0 Å². The molecule has 0 aromatic rings. The van der Waals surface area contributed by atoms with E-state index in [-0.39, 0.29) is 12.5 Å². The van der Waals surface area contributed by atoms with Gasteiger partial charge in [-0.2, -0.15) is 0 Å². The molecule has 0 radical (unpaired) electrons. The van der Waals surface area contributed by atoms with Crippen molar-refractivity contribution in [1.82, 2.24) is 5.09 Å². The van der Waals surface area contributed by atoms with Crippen molar-refractivity contribution in [1.29, 1.82) is 0 Å². The van der Waals surface area contributed by atoms with Gasteiger partial charge in [-0.05, 0) is 12.8 Å². The first-order valence-corrected chi connectivity index (χ1v) is 6.39. The van der Waals surface area contributed by atoms with E-state index in [1.54, 1.807) is 13.8 Å². The average molecular weight is 239 g/mol. The smallest absolute Gasteiger partial charge is 0.403 e. The summed E-state index contributed by atoms with van der Waals surface area (Å²) in [4.78, 5) is 20.1. The lowest BCUT2D eigenvalue weighted by Crippen LogP contribution is -2.40. The fourth-order valence-corrected chi connectivity index (χ4v) is 2.19.